The molecular weight excluding hydrogens is 182 g/mol. The SMILES string of the molecule is CC(C)C(C)C(=O)NCCOCCO. The van der Waals surface area contributed by atoms with Crippen LogP contribution in [-0.2, 0) is 9.53 Å². The highest BCUT2D eigenvalue weighted by atomic mass is 16.5. The molecule has 4 heteroatoms. The summed E-state index contributed by atoms with van der Waals surface area (Å²) in [5, 5.41) is 11.2. The third kappa shape index (κ3) is 5.94. The summed E-state index contributed by atoms with van der Waals surface area (Å²) < 4.78 is 5.01. The van der Waals surface area contributed by atoms with Crippen LogP contribution in [0.3, 0.4) is 0 Å². The molecule has 0 heterocycles. The third-order valence-corrected chi connectivity index (χ3v) is 2.19. The molecule has 0 saturated heterocycles. The van der Waals surface area contributed by atoms with Gasteiger partial charge in [-0.15, -0.1) is 0 Å². The molecule has 1 amide bonds. The van der Waals surface area contributed by atoms with Crippen molar-refractivity contribution in [1.29, 1.82) is 0 Å². The lowest BCUT2D eigenvalue weighted by molar-refractivity contribution is -0.125. The fourth-order valence-electron chi connectivity index (χ4n) is 0.877. The van der Waals surface area contributed by atoms with Crippen LogP contribution in [0.1, 0.15) is 20.8 Å². The van der Waals surface area contributed by atoms with Crippen molar-refractivity contribution >= 4 is 5.91 Å². The summed E-state index contributed by atoms with van der Waals surface area (Å²) in [6, 6.07) is 0. The molecule has 2 N–H and O–H groups in total. The summed E-state index contributed by atoms with van der Waals surface area (Å²) in [7, 11) is 0. The monoisotopic (exact) mass is 203 g/mol. The topological polar surface area (TPSA) is 58.6 Å². The van der Waals surface area contributed by atoms with E-state index in [9.17, 15) is 4.79 Å². The number of nitrogens with one attached hydrogen (secondary N) is 1. The molecule has 0 aliphatic heterocycles. The zero-order chi connectivity index (χ0) is 11.0. The number of rotatable bonds is 7. The molecule has 0 aromatic rings. The van der Waals surface area contributed by atoms with Gasteiger partial charge in [0.05, 0.1) is 19.8 Å². The Kier molecular flexibility index (Phi) is 7.42. The highest BCUT2D eigenvalue weighted by Gasteiger charge is 2.15. The summed E-state index contributed by atoms with van der Waals surface area (Å²) >= 11 is 0. The van der Waals surface area contributed by atoms with E-state index in [2.05, 4.69) is 5.32 Å². The van der Waals surface area contributed by atoms with E-state index in [1.165, 1.54) is 0 Å². The number of carbonyl (C=O) groups excluding carboxylic acids is 1. The van der Waals surface area contributed by atoms with E-state index in [0.717, 1.165) is 0 Å². The minimum Gasteiger partial charge on any atom is -0.394 e. The second-order valence-electron chi connectivity index (χ2n) is 3.66. The van der Waals surface area contributed by atoms with E-state index in [1.807, 2.05) is 20.8 Å². The summed E-state index contributed by atoms with van der Waals surface area (Å²) in [4.78, 5) is 11.4. The van der Waals surface area contributed by atoms with Crippen LogP contribution in [0.25, 0.3) is 0 Å². The lowest BCUT2D eigenvalue weighted by Gasteiger charge is -2.15. The van der Waals surface area contributed by atoms with Gasteiger partial charge in [-0.05, 0) is 5.92 Å². The second kappa shape index (κ2) is 7.76. The van der Waals surface area contributed by atoms with Gasteiger partial charge in [0.1, 0.15) is 0 Å². The van der Waals surface area contributed by atoms with Crippen LogP contribution in [-0.4, -0.2) is 37.4 Å². The zero-order valence-corrected chi connectivity index (χ0v) is 9.25. The Balaban J connectivity index is 3.44. The number of hydrogen-bond acceptors (Lipinski definition) is 3. The van der Waals surface area contributed by atoms with Crippen LogP contribution < -0.4 is 5.32 Å². The molecule has 1 atom stereocenters. The molecule has 0 saturated carbocycles. The van der Waals surface area contributed by atoms with E-state index in [-0.39, 0.29) is 18.4 Å². The number of amides is 1. The zero-order valence-electron chi connectivity index (χ0n) is 9.25. The Morgan fingerprint density at radius 2 is 2.00 bits per heavy atom. The molecule has 0 aromatic carbocycles. The van der Waals surface area contributed by atoms with Crippen LogP contribution in [0.5, 0.6) is 0 Å². The van der Waals surface area contributed by atoms with E-state index in [4.69, 9.17) is 9.84 Å². The average molecular weight is 203 g/mol. The van der Waals surface area contributed by atoms with Gasteiger partial charge in [-0.3, -0.25) is 4.79 Å². The third-order valence-electron chi connectivity index (χ3n) is 2.19. The van der Waals surface area contributed by atoms with Crippen molar-refractivity contribution in [3.8, 4) is 0 Å². The maximum absolute atomic E-state index is 11.4. The first-order valence-electron chi connectivity index (χ1n) is 5.06. The Morgan fingerprint density at radius 3 is 2.50 bits per heavy atom. The molecule has 0 aromatic heterocycles. The van der Waals surface area contributed by atoms with Crippen molar-refractivity contribution in [2.75, 3.05) is 26.4 Å². The minimum absolute atomic E-state index is 0.0242. The van der Waals surface area contributed by atoms with E-state index in [0.29, 0.717) is 25.7 Å². The smallest absolute Gasteiger partial charge is 0.223 e. The molecule has 84 valence electrons. The summed E-state index contributed by atoms with van der Waals surface area (Å²) in [6.45, 7) is 7.27. The first-order valence-corrected chi connectivity index (χ1v) is 5.06. The van der Waals surface area contributed by atoms with Gasteiger partial charge in [0.15, 0.2) is 0 Å². The molecule has 4 nitrogen and oxygen atoms in total. The van der Waals surface area contributed by atoms with Crippen LogP contribution in [0, 0.1) is 11.8 Å². The standard InChI is InChI=1S/C10H21NO3/c1-8(2)9(3)10(13)11-4-6-14-7-5-12/h8-9,12H,4-7H2,1-3H3,(H,11,13). The molecule has 0 aliphatic rings. The lowest BCUT2D eigenvalue weighted by atomic mass is 9.97. The number of aliphatic hydroxyl groups is 1. The van der Waals surface area contributed by atoms with Crippen LogP contribution in [0.15, 0.2) is 0 Å². The predicted molar refractivity (Wildman–Crippen MR) is 54.9 cm³/mol. The quantitative estimate of drug-likeness (QED) is 0.589. The first kappa shape index (κ1) is 13.4. The predicted octanol–water partition coefficient (Wildman–Crippen LogP) is 0.404. The lowest BCUT2D eigenvalue weighted by Crippen LogP contribution is -2.34. The Bertz CT molecular complexity index is 159. The fourth-order valence-corrected chi connectivity index (χ4v) is 0.877. The molecule has 0 radical (unpaired) electrons. The summed E-state index contributed by atoms with van der Waals surface area (Å²) in [5.41, 5.74) is 0. The number of carbonyl (C=O) groups is 1. The molecule has 0 aliphatic carbocycles. The van der Waals surface area contributed by atoms with Crippen molar-refractivity contribution in [3.63, 3.8) is 0 Å². The minimum atomic E-state index is 0.0242. The van der Waals surface area contributed by atoms with Crippen molar-refractivity contribution in [2.24, 2.45) is 11.8 Å². The van der Waals surface area contributed by atoms with Gasteiger partial charge < -0.3 is 15.2 Å². The highest BCUT2D eigenvalue weighted by Crippen LogP contribution is 2.08. The Hall–Kier alpha value is -0.610. The normalized spacial score (nSPS) is 12.9. The van der Waals surface area contributed by atoms with E-state index >= 15 is 0 Å². The molecule has 0 rings (SSSR count). The van der Waals surface area contributed by atoms with Gasteiger partial charge in [0, 0.05) is 12.5 Å². The molecule has 0 spiro atoms. The molecule has 1 unspecified atom stereocenters. The van der Waals surface area contributed by atoms with Crippen molar-refractivity contribution in [1.82, 2.24) is 5.32 Å². The van der Waals surface area contributed by atoms with Crippen molar-refractivity contribution in [2.45, 2.75) is 20.8 Å². The number of hydrogen-bond donors (Lipinski definition) is 2. The fraction of sp³-hybridized carbons (Fsp3) is 0.900. The number of ether oxygens (including phenoxy) is 1. The van der Waals surface area contributed by atoms with E-state index < -0.39 is 0 Å². The first-order chi connectivity index (χ1) is 6.59. The highest BCUT2D eigenvalue weighted by molar-refractivity contribution is 5.78. The van der Waals surface area contributed by atoms with Crippen LogP contribution in [0.4, 0.5) is 0 Å². The molecular formula is C10H21NO3. The largest absolute Gasteiger partial charge is 0.394 e. The molecule has 14 heavy (non-hydrogen) atoms. The Morgan fingerprint density at radius 1 is 1.36 bits per heavy atom. The van der Waals surface area contributed by atoms with Gasteiger partial charge in [0.2, 0.25) is 5.91 Å². The molecule has 0 bridgehead atoms. The van der Waals surface area contributed by atoms with Crippen LogP contribution in [0.2, 0.25) is 0 Å². The second-order valence-corrected chi connectivity index (χ2v) is 3.66. The average Bonchev–Trinajstić information content (AvgIpc) is 2.16. The van der Waals surface area contributed by atoms with Gasteiger partial charge in [-0.1, -0.05) is 20.8 Å². The summed E-state index contributed by atoms with van der Waals surface area (Å²) in [6.07, 6.45) is 0. The maximum Gasteiger partial charge on any atom is 0.223 e. The van der Waals surface area contributed by atoms with Gasteiger partial charge in [-0.2, -0.15) is 0 Å². The maximum atomic E-state index is 11.4. The number of aliphatic hydroxyl groups excluding tert-OH is 1. The van der Waals surface area contributed by atoms with E-state index in [1.54, 1.807) is 0 Å². The van der Waals surface area contributed by atoms with Crippen LogP contribution >= 0.6 is 0 Å². The van der Waals surface area contributed by atoms with Gasteiger partial charge in [-0.25, -0.2) is 0 Å². The van der Waals surface area contributed by atoms with Crippen molar-refractivity contribution in [3.05, 3.63) is 0 Å². The summed E-state index contributed by atoms with van der Waals surface area (Å²) in [5.74, 6) is 0.453. The van der Waals surface area contributed by atoms with Gasteiger partial charge >= 0.3 is 0 Å². The van der Waals surface area contributed by atoms with Gasteiger partial charge in [0.25, 0.3) is 0 Å². The van der Waals surface area contributed by atoms with Crippen molar-refractivity contribution < 1.29 is 14.6 Å². The molecule has 0 fully saturated rings. The Labute approximate surface area is 85.6 Å².